The van der Waals surface area contributed by atoms with Gasteiger partial charge in [0.05, 0.1) is 31.5 Å². The van der Waals surface area contributed by atoms with Crippen molar-refractivity contribution in [2.45, 2.75) is 39.7 Å². The second-order valence-electron chi connectivity index (χ2n) is 7.78. The number of methoxy groups -OCH3 is 2. The lowest BCUT2D eigenvalue weighted by Gasteiger charge is -2.38. The van der Waals surface area contributed by atoms with Crippen molar-refractivity contribution in [2.75, 3.05) is 20.8 Å². The van der Waals surface area contributed by atoms with Crippen LogP contribution in [0.15, 0.2) is 18.3 Å². The quantitative estimate of drug-likeness (QED) is 0.658. The van der Waals surface area contributed by atoms with Crippen molar-refractivity contribution in [1.82, 2.24) is 19.7 Å². The number of ether oxygens (including phenoxy) is 2. The molecule has 1 aliphatic heterocycles. The normalized spacial score (nSPS) is 15.9. The van der Waals surface area contributed by atoms with E-state index in [0.29, 0.717) is 12.1 Å². The molecule has 1 amide bonds. The monoisotopic (exact) mass is 408 g/mol. The summed E-state index contributed by atoms with van der Waals surface area (Å²) in [6, 6.07) is 3.89. The van der Waals surface area contributed by atoms with Crippen molar-refractivity contribution in [1.29, 1.82) is 0 Å². The van der Waals surface area contributed by atoms with E-state index in [1.54, 1.807) is 25.1 Å². The Morgan fingerprint density at radius 2 is 2.00 bits per heavy atom. The number of carbonyl (C=O) groups is 1. The van der Waals surface area contributed by atoms with E-state index in [-0.39, 0.29) is 11.9 Å². The highest BCUT2D eigenvalue weighted by atomic mass is 16.5. The predicted molar refractivity (Wildman–Crippen MR) is 115 cm³/mol. The standard InChI is InChI=1S/C23H28N4O3/c1-7-18-21-15(10-16(29-5)11-19(21)30-6)8-9-27(18)23(28)17-12-24-22-20(13(17)2)14(3)25-26(22)4/h10-12,18H,7-9H2,1-6H3. The first-order valence-electron chi connectivity index (χ1n) is 10.3. The van der Waals surface area contributed by atoms with Crippen molar-refractivity contribution in [3.05, 3.63) is 46.3 Å². The first kappa shape index (κ1) is 20.2. The van der Waals surface area contributed by atoms with Gasteiger partial charge in [0.15, 0.2) is 5.65 Å². The Hall–Kier alpha value is -3.09. The maximum absolute atomic E-state index is 13.7. The second-order valence-corrected chi connectivity index (χ2v) is 7.78. The van der Waals surface area contributed by atoms with Crippen LogP contribution in [-0.2, 0) is 13.5 Å². The minimum absolute atomic E-state index is 0.000485. The molecular formula is C23H28N4O3. The third kappa shape index (κ3) is 3.00. The van der Waals surface area contributed by atoms with Crippen LogP contribution < -0.4 is 9.47 Å². The van der Waals surface area contributed by atoms with Gasteiger partial charge in [0, 0.05) is 36.8 Å². The number of nitrogens with zero attached hydrogens (tertiary/aromatic N) is 4. The van der Waals surface area contributed by atoms with E-state index >= 15 is 0 Å². The Bertz CT molecular complexity index is 1120. The molecular weight excluding hydrogens is 380 g/mol. The molecule has 1 unspecified atom stereocenters. The molecule has 0 saturated carbocycles. The molecule has 0 fully saturated rings. The SMILES string of the molecule is CCC1c2c(cc(OC)cc2OC)CCN1C(=O)c1cnc2c(c(C)nn2C)c1C. The van der Waals surface area contributed by atoms with Gasteiger partial charge in [-0.15, -0.1) is 0 Å². The van der Waals surface area contributed by atoms with Crippen LogP contribution in [-0.4, -0.2) is 46.3 Å². The number of hydrogen-bond acceptors (Lipinski definition) is 5. The lowest BCUT2D eigenvalue weighted by atomic mass is 9.89. The minimum atomic E-state index is -0.0628. The molecule has 0 aliphatic carbocycles. The number of pyridine rings is 1. The number of hydrogen-bond donors (Lipinski definition) is 0. The molecule has 1 atom stereocenters. The van der Waals surface area contributed by atoms with E-state index in [1.165, 1.54) is 5.56 Å². The summed E-state index contributed by atoms with van der Waals surface area (Å²) in [5, 5.41) is 5.42. The van der Waals surface area contributed by atoms with Gasteiger partial charge in [0.25, 0.3) is 5.91 Å². The molecule has 3 heterocycles. The summed E-state index contributed by atoms with van der Waals surface area (Å²) >= 11 is 0. The van der Waals surface area contributed by atoms with E-state index in [0.717, 1.165) is 52.2 Å². The molecule has 0 radical (unpaired) electrons. The summed E-state index contributed by atoms with van der Waals surface area (Å²) in [7, 11) is 5.19. The number of aryl methyl sites for hydroxylation is 3. The zero-order valence-electron chi connectivity index (χ0n) is 18.4. The zero-order chi connectivity index (χ0) is 21.6. The van der Waals surface area contributed by atoms with E-state index in [1.807, 2.05) is 31.9 Å². The Balaban J connectivity index is 1.79. The number of fused-ring (bicyclic) bond motifs is 2. The highest BCUT2D eigenvalue weighted by Gasteiger charge is 2.34. The van der Waals surface area contributed by atoms with Gasteiger partial charge < -0.3 is 14.4 Å². The van der Waals surface area contributed by atoms with Gasteiger partial charge in [-0.05, 0) is 43.9 Å². The average molecular weight is 409 g/mol. The van der Waals surface area contributed by atoms with Crippen LogP contribution in [0.25, 0.3) is 11.0 Å². The molecule has 158 valence electrons. The molecule has 0 bridgehead atoms. The number of carbonyl (C=O) groups excluding carboxylic acids is 1. The van der Waals surface area contributed by atoms with Crippen LogP contribution in [0.5, 0.6) is 11.5 Å². The fraction of sp³-hybridized carbons (Fsp3) is 0.435. The highest BCUT2D eigenvalue weighted by molar-refractivity contribution is 6.00. The van der Waals surface area contributed by atoms with E-state index in [2.05, 4.69) is 23.1 Å². The van der Waals surface area contributed by atoms with Crippen LogP contribution in [0.2, 0.25) is 0 Å². The van der Waals surface area contributed by atoms with Crippen molar-refractivity contribution in [3.8, 4) is 11.5 Å². The molecule has 4 rings (SSSR count). The van der Waals surface area contributed by atoms with Crippen LogP contribution >= 0.6 is 0 Å². The van der Waals surface area contributed by atoms with E-state index in [9.17, 15) is 4.79 Å². The van der Waals surface area contributed by atoms with Crippen LogP contribution in [0.4, 0.5) is 0 Å². The molecule has 1 aromatic carbocycles. The van der Waals surface area contributed by atoms with Crippen LogP contribution in [0.3, 0.4) is 0 Å². The Morgan fingerprint density at radius 3 is 2.67 bits per heavy atom. The molecule has 0 saturated heterocycles. The van der Waals surface area contributed by atoms with Gasteiger partial charge in [0.2, 0.25) is 0 Å². The summed E-state index contributed by atoms with van der Waals surface area (Å²) in [4.78, 5) is 20.2. The lowest BCUT2D eigenvalue weighted by molar-refractivity contribution is 0.0651. The van der Waals surface area contributed by atoms with Crippen molar-refractivity contribution in [2.24, 2.45) is 7.05 Å². The summed E-state index contributed by atoms with van der Waals surface area (Å²) in [6.45, 7) is 6.68. The first-order valence-corrected chi connectivity index (χ1v) is 10.3. The molecule has 7 heteroatoms. The van der Waals surface area contributed by atoms with Gasteiger partial charge in [-0.3, -0.25) is 9.48 Å². The van der Waals surface area contributed by atoms with Gasteiger partial charge in [0.1, 0.15) is 11.5 Å². The molecule has 2 aromatic heterocycles. The average Bonchev–Trinajstić information content (AvgIpc) is 3.05. The van der Waals surface area contributed by atoms with Crippen molar-refractivity contribution in [3.63, 3.8) is 0 Å². The topological polar surface area (TPSA) is 69.5 Å². The number of rotatable bonds is 4. The summed E-state index contributed by atoms with van der Waals surface area (Å²) in [5.74, 6) is 1.54. The fourth-order valence-corrected chi connectivity index (χ4v) is 4.71. The van der Waals surface area contributed by atoms with Crippen molar-refractivity contribution < 1.29 is 14.3 Å². The Labute approximate surface area is 176 Å². The molecule has 7 nitrogen and oxygen atoms in total. The van der Waals surface area contributed by atoms with Gasteiger partial charge in [-0.1, -0.05) is 6.92 Å². The Morgan fingerprint density at radius 1 is 1.23 bits per heavy atom. The first-order chi connectivity index (χ1) is 14.4. The number of amides is 1. The molecule has 0 N–H and O–H groups in total. The zero-order valence-corrected chi connectivity index (χ0v) is 18.4. The summed E-state index contributed by atoms with van der Waals surface area (Å²) in [5.41, 5.74) is 5.49. The van der Waals surface area contributed by atoms with Crippen LogP contribution in [0.1, 0.15) is 52.1 Å². The van der Waals surface area contributed by atoms with Gasteiger partial charge in [-0.2, -0.15) is 5.10 Å². The van der Waals surface area contributed by atoms with E-state index < -0.39 is 0 Å². The summed E-state index contributed by atoms with van der Waals surface area (Å²) in [6.07, 6.45) is 3.24. The molecule has 0 spiro atoms. The third-order valence-electron chi connectivity index (χ3n) is 6.15. The maximum atomic E-state index is 13.7. The Kier molecular flexibility index (Phi) is 5.13. The number of aromatic nitrogens is 3. The maximum Gasteiger partial charge on any atom is 0.256 e. The predicted octanol–water partition coefficient (Wildman–Crippen LogP) is 3.75. The molecule has 1 aliphatic rings. The fourth-order valence-electron chi connectivity index (χ4n) is 4.71. The van der Waals surface area contributed by atoms with E-state index in [4.69, 9.17) is 9.47 Å². The molecule has 30 heavy (non-hydrogen) atoms. The van der Waals surface area contributed by atoms with Gasteiger partial charge >= 0.3 is 0 Å². The summed E-state index contributed by atoms with van der Waals surface area (Å²) < 4.78 is 12.9. The lowest BCUT2D eigenvalue weighted by Crippen LogP contribution is -2.40. The molecule has 3 aromatic rings. The number of benzene rings is 1. The largest absolute Gasteiger partial charge is 0.497 e. The third-order valence-corrected chi connectivity index (χ3v) is 6.15. The second kappa shape index (κ2) is 7.63. The van der Waals surface area contributed by atoms with Gasteiger partial charge in [-0.25, -0.2) is 4.98 Å². The van der Waals surface area contributed by atoms with Crippen LogP contribution in [0, 0.1) is 13.8 Å². The van der Waals surface area contributed by atoms with Crippen molar-refractivity contribution >= 4 is 16.9 Å². The highest BCUT2D eigenvalue weighted by Crippen LogP contribution is 2.41. The smallest absolute Gasteiger partial charge is 0.256 e. The minimum Gasteiger partial charge on any atom is -0.497 e.